The van der Waals surface area contributed by atoms with Gasteiger partial charge in [-0.25, -0.2) is 0 Å². The van der Waals surface area contributed by atoms with Crippen molar-refractivity contribution < 1.29 is 0 Å². The first-order valence-corrected chi connectivity index (χ1v) is 4.74. The predicted molar refractivity (Wildman–Crippen MR) is 60.7 cm³/mol. The number of hydrogen-bond acceptors (Lipinski definition) is 2. The van der Waals surface area contributed by atoms with Crippen LogP contribution in [-0.4, -0.2) is 12.8 Å². The average molecular weight is 186 g/mol. The van der Waals surface area contributed by atoms with Gasteiger partial charge >= 0.3 is 0 Å². The molecule has 1 unspecified atom stereocenters. The number of allylic oxidation sites excluding steroid dienone is 1. The van der Waals surface area contributed by atoms with Crippen LogP contribution >= 0.6 is 0 Å². The van der Waals surface area contributed by atoms with E-state index in [1.165, 1.54) is 5.56 Å². The zero-order chi connectivity index (χ0) is 10.0. The summed E-state index contributed by atoms with van der Waals surface area (Å²) in [6.45, 7) is 2.97. The van der Waals surface area contributed by atoms with Crippen LogP contribution in [0.2, 0.25) is 0 Å². The van der Waals surface area contributed by atoms with Crippen LogP contribution in [0.3, 0.4) is 0 Å². The molecule has 0 aliphatic carbocycles. The summed E-state index contributed by atoms with van der Waals surface area (Å²) in [7, 11) is 0. The summed E-state index contributed by atoms with van der Waals surface area (Å²) in [6, 6.07) is 8.01. The van der Waals surface area contributed by atoms with Gasteiger partial charge in [0.1, 0.15) is 0 Å². The smallest absolute Gasteiger partial charge is 0.0518 e. The highest BCUT2D eigenvalue weighted by Crippen LogP contribution is 2.28. The molecule has 14 heavy (non-hydrogen) atoms. The highest BCUT2D eigenvalue weighted by molar-refractivity contribution is 5.73. The second kappa shape index (κ2) is 3.29. The Bertz CT molecular complexity index is 393. The van der Waals surface area contributed by atoms with Crippen molar-refractivity contribution in [3.8, 4) is 0 Å². The number of hydrogen-bond donors (Lipinski definition) is 1. The van der Waals surface area contributed by atoms with E-state index in [1.807, 2.05) is 30.5 Å². The van der Waals surface area contributed by atoms with Gasteiger partial charge in [0.15, 0.2) is 0 Å². The van der Waals surface area contributed by atoms with Crippen molar-refractivity contribution in [3.63, 3.8) is 0 Å². The van der Waals surface area contributed by atoms with E-state index < -0.39 is 0 Å². The molecule has 1 aliphatic rings. The van der Waals surface area contributed by atoms with Crippen LogP contribution in [0.5, 0.6) is 0 Å². The lowest BCUT2D eigenvalue weighted by molar-refractivity contribution is 0.606. The van der Waals surface area contributed by atoms with E-state index in [0.29, 0.717) is 0 Å². The van der Waals surface area contributed by atoms with Crippen LogP contribution in [0.4, 0.5) is 5.69 Å². The molecule has 0 saturated heterocycles. The van der Waals surface area contributed by atoms with Crippen LogP contribution in [0.1, 0.15) is 12.5 Å². The molecule has 2 rings (SSSR count). The first-order chi connectivity index (χ1) is 6.71. The summed E-state index contributed by atoms with van der Waals surface area (Å²) < 4.78 is 0. The fourth-order valence-electron chi connectivity index (χ4n) is 1.69. The lowest BCUT2D eigenvalue weighted by Gasteiger charge is -2.26. The van der Waals surface area contributed by atoms with E-state index in [9.17, 15) is 0 Å². The molecule has 0 spiro atoms. The lowest BCUT2D eigenvalue weighted by atomic mass is 9.81. The predicted octanol–water partition coefficient (Wildman–Crippen LogP) is 2.17. The minimum Gasteiger partial charge on any atom is -0.399 e. The molecule has 0 bridgehead atoms. The summed E-state index contributed by atoms with van der Waals surface area (Å²) in [5.74, 6) is 0. The Morgan fingerprint density at radius 3 is 2.93 bits per heavy atom. The second-order valence-corrected chi connectivity index (χ2v) is 3.89. The first-order valence-electron chi connectivity index (χ1n) is 4.74. The molecular weight excluding hydrogens is 172 g/mol. The van der Waals surface area contributed by atoms with Gasteiger partial charge in [0, 0.05) is 17.3 Å². The number of dihydropyridines is 1. The average Bonchev–Trinajstić information content (AvgIpc) is 2.19. The fraction of sp³-hybridized carbons (Fsp3) is 0.250. The van der Waals surface area contributed by atoms with E-state index in [0.717, 1.165) is 12.2 Å². The molecule has 1 heterocycles. The van der Waals surface area contributed by atoms with Crippen molar-refractivity contribution >= 4 is 11.9 Å². The maximum Gasteiger partial charge on any atom is 0.0518 e. The van der Waals surface area contributed by atoms with E-state index >= 15 is 0 Å². The van der Waals surface area contributed by atoms with Crippen molar-refractivity contribution in [2.24, 2.45) is 4.99 Å². The first kappa shape index (κ1) is 9.00. The van der Waals surface area contributed by atoms with Crippen LogP contribution in [0.15, 0.2) is 41.4 Å². The Labute approximate surface area is 84.2 Å². The van der Waals surface area contributed by atoms with Gasteiger partial charge in [0.05, 0.1) is 6.54 Å². The van der Waals surface area contributed by atoms with Gasteiger partial charge in [-0.1, -0.05) is 25.1 Å². The summed E-state index contributed by atoms with van der Waals surface area (Å²) in [4.78, 5) is 4.28. The maximum absolute atomic E-state index is 5.76. The summed E-state index contributed by atoms with van der Waals surface area (Å²) in [5, 5.41) is 0. The molecule has 0 amide bonds. The number of benzene rings is 1. The molecule has 1 atom stereocenters. The molecule has 1 aromatic rings. The number of anilines is 1. The van der Waals surface area contributed by atoms with Gasteiger partial charge in [0.25, 0.3) is 0 Å². The molecule has 72 valence electrons. The molecule has 2 nitrogen and oxygen atoms in total. The van der Waals surface area contributed by atoms with Gasteiger partial charge in [-0.2, -0.15) is 0 Å². The van der Waals surface area contributed by atoms with Crippen molar-refractivity contribution in [1.82, 2.24) is 0 Å². The van der Waals surface area contributed by atoms with Crippen molar-refractivity contribution in [1.29, 1.82) is 0 Å². The zero-order valence-electron chi connectivity index (χ0n) is 8.27. The minimum absolute atomic E-state index is 0.00410. The monoisotopic (exact) mass is 186 g/mol. The lowest BCUT2D eigenvalue weighted by Crippen LogP contribution is -2.25. The summed E-state index contributed by atoms with van der Waals surface area (Å²) >= 11 is 0. The second-order valence-electron chi connectivity index (χ2n) is 3.89. The van der Waals surface area contributed by atoms with Crippen LogP contribution in [0.25, 0.3) is 0 Å². The molecule has 2 N–H and O–H groups in total. The van der Waals surface area contributed by atoms with Crippen molar-refractivity contribution in [2.45, 2.75) is 12.3 Å². The highest BCUT2D eigenvalue weighted by Gasteiger charge is 2.24. The van der Waals surface area contributed by atoms with E-state index in [1.54, 1.807) is 0 Å². The van der Waals surface area contributed by atoms with Crippen LogP contribution in [-0.2, 0) is 5.41 Å². The maximum atomic E-state index is 5.76. The third kappa shape index (κ3) is 1.55. The Kier molecular flexibility index (Phi) is 2.12. The number of rotatable bonds is 1. The largest absolute Gasteiger partial charge is 0.399 e. The van der Waals surface area contributed by atoms with Gasteiger partial charge < -0.3 is 5.73 Å². The van der Waals surface area contributed by atoms with Crippen molar-refractivity contribution in [3.05, 3.63) is 42.0 Å². The Balaban J connectivity index is 2.39. The molecule has 0 saturated carbocycles. The standard InChI is InChI=1S/C12H14N2/c1-12(6-3-7-14-9-12)10-4-2-5-11(13)8-10/h2-8H,9,13H2,1H3. The molecule has 0 aromatic heterocycles. The third-order valence-electron chi connectivity index (χ3n) is 2.62. The molecule has 1 aliphatic heterocycles. The third-order valence-corrected chi connectivity index (χ3v) is 2.62. The molecular formula is C12H14N2. The highest BCUT2D eigenvalue weighted by atomic mass is 14.7. The Morgan fingerprint density at radius 2 is 2.29 bits per heavy atom. The molecule has 0 radical (unpaired) electrons. The zero-order valence-corrected chi connectivity index (χ0v) is 8.27. The van der Waals surface area contributed by atoms with Gasteiger partial charge in [-0.15, -0.1) is 0 Å². The van der Waals surface area contributed by atoms with E-state index in [-0.39, 0.29) is 5.41 Å². The minimum atomic E-state index is 0.00410. The summed E-state index contributed by atoms with van der Waals surface area (Å²) in [5.41, 5.74) is 7.80. The van der Waals surface area contributed by atoms with Gasteiger partial charge in [0.2, 0.25) is 0 Å². The summed E-state index contributed by atoms with van der Waals surface area (Å²) in [6.07, 6.45) is 6.01. The Hall–Kier alpha value is -1.57. The number of nitrogens with zero attached hydrogens (tertiary/aromatic N) is 1. The number of aliphatic imine (C=N–C) groups is 1. The molecule has 2 heteroatoms. The number of nitrogens with two attached hydrogens (primary N) is 1. The number of nitrogen functional groups attached to an aromatic ring is 1. The molecule has 0 fully saturated rings. The van der Waals surface area contributed by atoms with Gasteiger partial charge in [-0.3, -0.25) is 4.99 Å². The van der Waals surface area contributed by atoms with E-state index in [4.69, 9.17) is 5.73 Å². The molecule has 1 aromatic carbocycles. The van der Waals surface area contributed by atoms with Crippen LogP contribution in [0, 0.1) is 0 Å². The van der Waals surface area contributed by atoms with Crippen LogP contribution < -0.4 is 5.73 Å². The van der Waals surface area contributed by atoms with Crippen molar-refractivity contribution in [2.75, 3.05) is 12.3 Å². The van der Waals surface area contributed by atoms with Gasteiger partial charge in [-0.05, 0) is 23.8 Å². The normalized spacial score (nSPS) is 25.2. The Morgan fingerprint density at radius 1 is 1.43 bits per heavy atom. The topological polar surface area (TPSA) is 38.4 Å². The van der Waals surface area contributed by atoms with E-state index in [2.05, 4.69) is 24.1 Å². The fourth-order valence-corrected chi connectivity index (χ4v) is 1.69. The SMILES string of the molecule is CC1(c2cccc(N)c2)C=CC=NC1. The quantitative estimate of drug-likeness (QED) is 0.671.